The average molecular weight is 499 g/mol. The van der Waals surface area contributed by atoms with Gasteiger partial charge in [-0.15, -0.1) is 0 Å². The molecule has 1 heterocycles. The van der Waals surface area contributed by atoms with Gasteiger partial charge in [0, 0.05) is 15.6 Å². The molecule has 0 bridgehead atoms. The number of hydrazone groups is 1. The molecule has 1 amide bonds. The quantitative estimate of drug-likeness (QED) is 0.359. The van der Waals surface area contributed by atoms with Crippen molar-refractivity contribution in [1.82, 2.24) is 15.6 Å². The van der Waals surface area contributed by atoms with Crippen LogP contribution in [0.4, 0.5) is 0 Å². The van der Waals surface area contributed by atoms with Gasteiger partial charge in [-0.2, -0.15) is 10.2 Å². The van der Waals surface area contributed by atoms with E-state index in [1.165, 1.54) is 6.21 Å². The Morgan fingerprint density at radius 2 is 2.04 bits per heavy atom. The van der Waals surface area contributed by atoms with E-state index in [0.29, 0.717) is 20.8 Å². The Morgan fingerprint density at radius 3 is 2.81 bits per heavy atom. The number of aromatic hydroxyl groups is 1. The van der Waals surface area contributed by atoms with Gasteiger partial charge in [0.05, 0.1) is 21.4 Å². The summed E-state index contributed by atoms with van der Waals surface area (Å²) in [5.74, 6) is -0.450. The molecule has 0 aliphatic rings. The molecule has 0 unspecified atom stereocenters. The summed E-state index contributed by atoms with van der Waals surface area (Å²) in [6, 6.07) is 12.2. The highest BCUT2D eigenvalue weighted by Crippen LogP contribution is 2.30. The molecule has 132 valence electrons. The van der Waals surface area contributed by atoms with Crippen molar-refractivity contribution in [3.05, 3.63) is 67.7 Å². The van der Waals surface area contributed by atoms with Gasteiger partial charge in [-0.05, 0) is 40.2 Å². The predicted octanol–water partition coefficient (Wildman–Crippen LogP) is 4.72. The minimum atomic E-state index is -0.472. The van der Waals surface area contributed by atoms with Gasteiger partial charge in [0.25, 0.3) is 5.91 Å². The Balaban J connectivity index is 1.73. The standard InChI is InChI=1S/C17H11Br2ClN4O2/c18-10-5-9(16(25)12(19)6-10)8-21-24-17(26)15-7-14(22-23-15)11-3-1-2-4-13(11)20/h1-8,25H,(H,22,23)(H,24,26)/b21-8+. The Morgan fingerprint density at radius 1 is 1.27 bits per heavy atom. The fourth-order valence-corrected chi connectivity index (χ4v) is 3.64. The van der Waals surface area contributed by atoms with Crippen LogP contribution >= 0.6 is 43.5 Å². The van der Waals surface area contributed by atoms with Gasteiger partial charge in [0.2, 0.25) is 0 Å². The molecule has 3 aromatic rings. The zero-order valence-electron chi connectivity index (χ0n) is 13.0. The van der Waals surface area contributed by atoms with E-state index in [1.54, 1.807) is 24.3 Å². The highest BCUT2D eigenvalue weighted by Gasteiger charge is 2.12. The van der Waals surface area contributed by atoms with E-state index >= 15 is 0 Å². The van der Waals surface area contributed by atoms with E-state index in [2.05, 4.69) is 52.6 Å². The van der Waals surface area contributed by atoms with Gasteiger partial charge in [-0.25, -0.2) is 5.43 Å². The van der Waals surface area contributed by atoms with Gasteiger partial charge < -0.3 is 5.11 Å². The summed E-state index contributed by atoms with van der Waals surface area (Å²) in [5.41, 5.74) is 4.32. The second kappa shape index (κ2) is 8.03. The van der Waals surface area contributed by atoms with E-state index in [9.17, 15) is 9.90 Å². The largest absolute Gasteiger partial charge is 0.506 e. The molecule has 0 aliphatic carbocycles. The van der Waals surface area contributed by atoms with Crippen LogP contribution in [0.2, 0.25) is 5.02 Å². The first kappa shape index (κ1) is 18.6. The topological polar surface area (TPSA) is 90.4 Å². The van der Waals surface area contributed by atoms with Crippen LogP contribution in [-0.4, -0.2) is 27.4 Å². The summed E-state index contributed by atoms with van der Waals surface area (Å²) in [6.45, 7) is 0. The molecule has 0 saturated carbocycles. The van der Waals surface area contributed by atoms with Crippen molar-refractivity contribution in [2.75, 3.05) is 0 Å². The number of nitrogens with zero attached hydrogens (tertiary/aromatic N) is 2. The smallest absolute Gasteiger partial charge is 0.289 e. The van der Waals surface area contributed by atoms with Crippen LogP contribution in [0.15, 0.2) is 56.5 Å². The lowest BCUT2D eigenvalue weighted by Crippen LogP contribution is -2.18. The van der Waals surface area contributed by atoms with E-state index in [1.807, 2.05) is 18.2 Å². The van der Waals surface area contributed by atoms with Gasteiger partial charge in [0.15, 0.2) is 0 Å². The Bertz CT molecular complexity index is 1000. The van der Waals surface area contributed by atoms with Crippen molar-refractivity contribution in [3.63, 3.8) is 0 Å². The third-order valence-corrected chi connectivity index (χ3v) is 4.79. The molecule has 3 rings (SSSR count). The second-order valence-corrected chi connectivity index (χ2v) is 7.35. The van der Waals surface area contributed by atoms with Gasteiger partial charge in [0.1, 0.15) is 11.4 Å². The number of phenolic OH excluding ortho intramolecular Hbond substituents is 1. The third-order valence-electron chi connectivity index (χ3n) is 3.40. The van der Waals surface area contributed by atoms with Crippen LogP contribution < -0.4 is 5.43 Å². The molecule has 1 aromatic heterocycles. The first-order valence-corrected chi connectivity index (χ1v) is 9.24. The number of benzene rings is 2. The predicted molar refractivity (Wildman–Crippen MR) is 108 cm³/mol. The summed E-state index contributed by atoms with van der Waals surface area (Å²) >= 11 is 12.7. The molecule has 3 N–H and O–H groups in total. The van der Waals surface area contributed by atoms with Crippen molar-refractivity contribution in [2.24, 2.45) is 5.10 Å². The molecule has 9 heteroatoms. The molecular weight excluding hydrogens is 487 g/mol. The number of hydrogen-bond donors (Lipinski definition) is 3. The fourth-order valence-electron chi connectivity index (χ4n) is 2.15. The molecule has 0 aliphatic heterocycles. The molecule has 0 saturated heterocycles. The molecule has 6 nitrogen and oxygen atoms in total. The minimum Gasteiger partial charge on any atom is -0.506 e. The normalized spacial score (nSPS) is 11.0. The van der Waals surface area contributed by atoms with Crippen molar-refractivity contribution >= 4 is 55.6 Å². The van der Waals surface area contributed by atoms with Gasteiger partial charge in [-0.3, -0.25) is 9.89 Å². The molecule has 0 radical (unpaired) electrons. The number of rotatable bonds is 4. The minimum absolute atomic E-state index is 0.0220. The van der Waals surface area contributed by atoms with Crippen LogP contribution in [0.3, 0.4) is 0 Å². The lowest BCUT2D eigenvalue weighted by Gasteiger charge is -2.02. The lowest BCUT2D eigenvalue weighted by molar-refractivity contribution is 0.0950. The number of H-pyrrole nitrogens is 1. The van der Waals surface area contributed by atoms with E-state index in [0.717, 1.165) is 10.0 Å². The summed E-state index contributed by atoms with van der Waals surface area (Å²) in [5, 5.41) is 21.1. The number of hydrogen-bond acceptors (Lipinski definition) is 4. The first-order valence-electron chi connectivity index (χ1n) is 7.27. The molecule has 26 heavy (non-hydrogen) atoms. The third kappa shape index (κ3) is 4.14. The number of halogens is 3. The van der Waals surface area contributed by atoms with Crippen LogP contribution in [0, 0.1) is 0 Å². The molecule has 0 atom stereocenters. The summed E-state index contributed by atoms with van der Waals surface area (Å²) < 4.78 is 1.27. The van der Waals surface area contributed by atoms with Crippen LogP contribution in [-0.2, 0) is 0 Å². The molecule has 0 spiro atoms. The van der Waals surface area contributed by atoms with Crippen molar-refractivity contribution in [3.8, 4) is 17.0 Å². The maximum absolute atomic E-state index is 12.2. The fraction of sp³-hybridized carbons (Fsp3) is 0. The monoisotopic (exact) mass is 496 g/mol. The van der Waals surface area contributed by atoms with Crippen LogP contribution in [0.1, 0.15) is 16.1 Å². The number of carbonyl (C=O) groups excluding carboxylic acids is 1. The number of aromatic nitrogens is 2. The number of phenols is 1. The highest BCUT2D eigenvalue weighted by atomic mass is 79.9. The number of nitrogens with one attached hydrogen (secondary N) is 2. The Kier molecular flexibility index (Phi) is 5.75. The number of carbonyl (C=O) groups is 1. The maximum atomic E-state index is 12.2. The maximum Gasteiger partial charge on any atom is 0.289 e. The van der Waals surface area contributed by atoms with E-state index < -0.39 is 5.91 Å². The SMILES string of the molecule is O=C(N/N=C/c1cc(Br)cc(Br)c1O)c1cc(-c2ccccc2Cl)n[nH]1. The highest BCUT2D eigenvalue weighted by molar-refractivity contribution is 9.11. The second-order valence-electron chi connectivity index (χ2n) is 5.17. The van der Waals surface area contributed by atoms with Gasteiger partial charge >= 0.3 is 0 Å². The Hall–Kier alpha value is -2.16. The van der Waals surface area contributed by atoms with Crippen molar-refractivity contribution in [2.45, 2.75) is 0 Å². The van der Waals surface area contributed by atoms with Gasteiger partial charge in [-0.1, -0.05) is 45.7 Å². The Labute approximate surface area is 170 Å². The van der Waals surface area contributed by atoms with Crippen molar-refractivity contribution in [1.29, 1.82) is 0 Å². The van der Waals surface area contributed by atoms with Crippen LogP contribution in [0.25, 0.3) is 11.3 Å². The van der Waals surface area contributed by atoms with Crippen LogP contribution in [0.5, 0.6) is 5.75 Å². The molecule has 2 aromatic carbocycles. The van der Waals surface area contributed by atoms with Crippen molar-refractivity contribution < 1.29 is 9.90 Å². The van der Waals surface area contributed by atoms with E-state index in [-0.39, 0.29) is 11.4 Å². The zero-order chi connectivity index (χ0) is 18.7. The summed E-state index contributed by atoms with van der Waals surface area (Å²) in [4.78, 5) is 12.2. The average Bonchev–Trinajstić information content (AvgIpc) is 3.09. The first-order chi connectivity index (χ1) is 12.5. The summed E-state index contributed by atoms with van der Waals surface area (Å²) in [7, 11) is 0. The zero-order valence-corrected chi connectivity index (χ0v) is 16.9. The molecular formula is C17H11Br2ClN4O2. The number of aromatic amines is 1. The van der Waals surface area contributed by atoms with E-state index in [4.69, 9.17) is 11.6 Å². The number of amides is 1. The molecule has 0 fully saturated rings. The lowest BCUT2D eigenvalue weighted by atomic mass is 10.1. The summed E-state index contributed by atoms with van der Waals surface area (Å²) in [6.07, 6.45) is 1.34.